The summed E-state index contributed by atoms with van der Waals surface area (Å²) in [5.41, 5.74) is 1.43. The Morgan fingerprint density at radius 1 is 0.784 bits per heavy atom. The fourth-order valence-corrected chi connectivity index (χ4v) is 4.08. The van der Waals surface area contributed by atoms with Gasteiger partial charge in [-0.2, -0.15) is 0 Å². The summed E-state index contributed by atoms with van der Waals surface area (Å²) in [5.74, 6) is 0.525. The van der Waals surface area contributed by atoms with Gasteiger partial charge in [0.05, 0.1) is 19.3 Å². The van der Waals surface area contributed by atoms with Gasteiger partial charge in [0, 0.05) is 6.08 Å². The largest absolute Gasteiger partial charge is 0.497 e. The standard InChI is InChI=1S/C18H26O3.C15H24O/c1-3-4-5-6-7-8-15-21-18(19)14-11-16-9-12-17(20-2)13-10-16;1-3-5-12-15(16,13-6-4-2)14-10-8-7-9-11-14/h9-14H,3-8,15H2,1-2H3;7-11,16H,3-6,12-13H2,1-2H3. The molecular weight excluding hydrogens is 460 g/mol. The van der Waals surface area contributed by atoms with Crippen molar-refractivity contribution in [2.24, 2.45) is 0 Å². The number of ether oxygens (including phenoxy) is 2. The van der Waals surface area contributed by atoms with Crippen LogP contribution < -0.4 is 4.74 Å². The summed E-state index contributed by atoms with van der Waals surface area (Å²) in [7, 11) is 1.63. The summed E-state index contributed by atoms with van der Waals surface area (Å²) in [6.45, 7) is 7.06. The molecule has 0 aliphatic rings. The Balaban J connectivity index is 0.000000384. The quantitative estimate of drug-likeness (QED) is 0.131. The van der Waals surface area contributed by atoms with Crippen LogP contribution in [0, 0.1) is 0 Å². The molecule has 37 heavy (non-hydrogen) atoms. The summed E-state index contributed by atoms with van der Waals surface area (Å²) in [6.07, 6.45) is 16.6. The molecule has 4 nitrogen and oxygen atoms in total. The summed E-state index contributed by atoms with van der Waals surface area (Å²) in [6, 6.07) is 17.6. The number of rotatable bonds is 17. The maximum Gasteiger partial charge on any atom is 0.330 e. The molecule has 0 radical (unpaired) electrons. The third-order valence-electron chi connectivity index (χ3n) is 6.47. The Labute approximate surface area is 226 Å². The first-order valence-corrected chi connectivity index (χ1v) is 14.3. The van der Waals surface area contributed by atoms with Crippen molar-refractivity contribution >= 4 is 12.0 Å². The highest BCUT2D eigenvalue weighted by atomic mass is 16.5. The lowest BCUT2D eigenvalue weighted by molar-refractivity contribution is -0.137. The van der Waals surface area contributed by atoms with Gasteiger partial charge in [0.15, 0.2) is 0 Å². The van der Waals surface area contributed by atoms with Crippen molar-refractivity contribution in [3.8, 4) is 5.75 Å². The second-order valence-electron chi connectivity index (χ2n) is 9.65. The van der Waals surface area contributed by atoms with Gasteiger partial charge >= 0.3 is 5.97 Å². The third-order valence-corrected chi connectivity index (χ3v) is 6.47. The molecule has 0 atom stereocenters. The van der Waals surface area contributed by atoms with E-state index in [1.165, 1.54) is 31.8 Å². The molecule has 1 N–H and O–H groups in total. The van der Waals surface area contributed by atoms with E-state index in [4.69, 9.17) is 9.47 Å². The van der Waals surface area contributed by atoms with Crippen molar-refractivity contribution in [3.63, 3.8) is 0 Å². The Morgan fingerprint density at radius 2 is 1.35 bits per heavy atom. The van der Waals surface area contributed by atoms with Gasteiger partial charge in [0.25, 0.3) is 0 Å². The van der Waals surface area contributed by atoms with E-state index in [-0.39, 0.29) is 5.97 Å². The average molecular weight is 511 g/mol. The molecule has 2 aromatic carbocycles. The van der Waals surface area contributed by atoms with Crippen LogP contribution in [0.25, 0.3) is 6.08 Å². The molecule has 0 spiro atoms. The zero-order valence-electron chi connectivity index (χ0n) is 23.7. The van der Waals surface area contributed by atoms with Gasteiger partial charge in [0.2, 0.25) is 0 Å². The molecule has 0 amide bonds. The van der Waals surface area contributed by atoms with E-state index in [1.807, 2.05) is 54.6 Å². The third kappa shape index (κ3) is 14.7. The maximum atomic E-state index is 11.5. The monoisotopic (exact) mass is 510 g/mol. The minimum atomic E-state index is -0.604. The van der Waals surface area contributed by atoms with Crippen LogP contribution in [0.3, 0.4) is 0 Å². The molecular formula is C33H50O4. The molecule has 2 rings (SSSR count). The van der Waals surface area contributed by atoms with Gasteiger partial charge in [-0.05, 0) is 48.6 Å². The van der Waals surface area contributed by atoms with Crippen LogP contribution in [0.4, 0.5) is 0 Å². The van der Waals surface area contributed by atoms with Crippen LogP contribution in [0.5, 0.6) is 5.75 Å². The van der Waals surface area contributed by atoms with Crippen molar-refractivity contribution in [1.82, 2.24) is 0 Å². The van der Waals surface area contributed by atoms with Crippen LogP contribution >= 0.6 is 0 Å². The number of methoxy groups -OCH3 is 1. The molecule has 206 valence electrons. The second-order valence-corrected chi connectivity index (χ2v) is 9.65. The molecule has 2 aromatic rings. The van der Waals surface area contributed by atoms with E-state index in [0.29, 0.717) is 6.61 Å². The van der Waals surface area contributed by atoms with Crippen LogP contribution in [0.15, 0.2) is 60.7 Å². The van der Waals surface area contributed by atoms with Crippen LogP contribution in [-0.4, -0.2) is 24.8 Å². The van der Waals surface area contributed by atoms with Crippen molar-refractivity contribution in [1.29, 1.82) is 0 Å². The second kappa shape index (κ2) is 20.5. The van der Waals surface area contributed by atoms with Gasteiger partial charge in [-0.25, -0.2) is 4.79 Å². The first-order chi connectivity index (χ1) is 18.0. The average Bonchev–Trinajstić information content (AvgIpc) is 2.94. The lowest BCUT2D eigenvalue weighted by Crippen LogP contribution is -2.25. The molecule has 4 heteroatoms. The maximum absolute atomic E-state index is 11.5. The predicted octanol–water partition coefficient (Wildman–Crippen LogP) is 8.87. The number of esters is 1. The minimum absolute atomic E-state index is 0.278. The number of carbonyl (C=O) groups excluding carboxylic acids is 1. The van der Waals surface area contributed by atoms with Crippen LogP contribution in [-0.2, 0) is 15.1 Å². The molecule has 0 aliphatic carbocycles. The molecule has 0 fully saturated rings. The number of carbonyl (C=O) groups is 1. The Hall–Kier alpha value is -2.59. The van der Waals surface area contributed by atoms with Crippen LogP contribution in [0.1, 0.15) is 109 Å². The van der Waals surface area contributed by atoms with Crippen molar-refractivity contribution in [2.45, 2.75) is 103 Å². The normalized spacial score (nSPS) is 11.2. The first kappa shape index (κ1) is 32.4. The van der Waals surface area contributed by atoms with E-state index in [9.17, 15) is 9.90 Å². The van der Waals surface area contributed by atoms with E-state index in [2.05, 4.69) is 20.8 Å². The summed E-state index contributed by atoms with van der Waals surface area (Å²) >= 11 is 0. The lowest BCUT2D eigenvalue weighted by atomic mass is 9.84. The fourth-order valence-electron chi connectivity index (χ4n) is 4.08. The van der Waals surface area contributed by atoms with Crippen molar-refractivity contribution < 1.29 is 19.4 Å². The van der Waals surface area contributed by atoms with E-state index >= 15 is 0 Å². The van der Waals surface area contributed by atoms with Gasteiger partial charge in [0.1, 0.15) is 5.75 Å². The van der Waals surface area contributed by atoms with E-state index < -0.39 is 5.60 Å². The number of unbranched alkanes of at least 4 members (excludes halogenated alkanes) is 7. The minimum Gasteiger partial charge on any atom is -0.497 e. The topological polar surface area (TPSA) is 55.8 Å². The molecule has 0 unspecified atom stereocenters. The van der Waals surface area contributed by atoms with Gasteiger partial charge in [-0.15, -0.1) is 0 Å². The summed E-state index contributed by atoms with van der Waals surface area (Å²) in [5, 5.41) is 10.7. The van der Waals surface area contributed by atoms with Crippen molar-refractivity contribution in [2.75, 3.05) is 13.7 Å². The molecule has 0 aliphatic heterocycles. The molecule has 0 bridgehead atoms. The van der Waals surface area contributed by atoms with Crippen molar-refractivity contribution in [3.05, 3.63) is 71.8 Å². The lowest BCUT2D eigenvalue weighted by Gasteiger charge is -2.28. The number of hydrogen-bond donors (Lipinski definition) is 1. The molecule has 0 aromatic heterocycles. The highest BCUT2D eigenvalue weighted by Crippen LogP contribution is 2.32. The first-order valence-electron chi connectivity index (χ1n) is 14.3. The highest BCUT2D eigenvalue weighted by molar-refractivity contribution is 5.87. The molecule has 0 saturated heterocycles. The number of hydrogen-bond acceptors (Lipinski definition) is 4. The van der Waals surface area contributed by atoms with E-state index in [0.717, 1.165) is 68.2 Å². The zero-order valence-corrected chi connectivity index (χ0v) is 23.7. The SMILES string of the molecule is CCCCC(O)(CCCC)c1ccccc1.CCCCCCCCOC(=O)C=Cc1ccc(OC)cc1. The Morgan fingerprint density at radius 3 is 1.92 bits per heavy atom. The van der Waals surface area contributed by atoms with Gasteiger partial charge in [-0.3, -0.25) is 0 Å². The number of aliphatic hydroxyl groups is 1. The van der Waals surface area contributed by atoms with Gasteiger partial charge in [-0.1, -0.05) is 121 Å². The fraction of sp³-hybridized carbons (Fsp3) is 0.545. The van der Waals surface area contributed by atoms with Crippen LogP contribution in [0.2, 0.25) is 0 Å². The smallest absolute Gasteiger partial charge is 0.330 e. The highest BCUT2D eigenvalue weighted by Gasteiger charge is 2.27. The van der Waals surface area contributed by atoms with Gasteiger partial charge < -0.3 is 14.6 Å². The summed E-state index contributed by atoms with van der Waals surface area (Å²) in [4.78, 5) is 11.5. The summed E-state index contributed by atoms with van der Waals surface area (Å²) < 4.78 is 10.2. The Bertz CT molecular complexity index is 834. The molecule has 0 saturated carbocycles. The predicted molar refractivity (Wildman–Crippen MR) is 156 cm³/mol. The van der Waals surface area contributed by atoms with E-state index in [1.54, 1.807) is 13.2 Å². The Kier molecular flexibility index (Phi) is 17.9. The number of benzene rings is 2. The zero-order chi connectivity index (χ0) is 27.2. The molecule has 0 heterocycles.